The lowest BCUT2D eigenvalue weighted by Gasteiger charge is -2.37. The van der Waals surface area contributed by atoms with Gasteiger partial charge in [0.15, 0.2) is 0 Å². The summed E-state index contributed by atoms with van der Waals surface area (Å²) >= 11 is 0. The molecule has 4 rings (SSSR count). The molecule has 0 saturated heterocycles. The van der Waals surface area contributed by atoms with Crippen LogP contribution in [0.4, 0.5) is 0 Å². The Labute approximate surface area is 150 Å². The van der Waals surface area contributed by atoms with Crippen molar-refractivity contribution < 1.29 is 0 Å². The molecule has 24 heavy (non-hydrogen) atoms. The quantitative estimate of drug-likeness (QED) is 0.648. The fourth-order valence-corrected chi connectivity index (χ4v) is 4.12. The summed E-state index contributed by atoms with van der Waals surface area (Å²) in [5.41, 5.74) is 5.49. The molecule has 1 aliphatic carbocycles. The summed E-state index contributed by atoms with van der Waals surface area (Å²) in [5.74, 6) is 0. The Bertz CT molecular complexity index is 824. The Morgan fingerprint density at radius 3 is 2.54 bits per heavy atom. The number of aromatic amines is 1. The topological polar surface area (TPSA) is 27.8 Å². The van der Waals surface area contributed by atoms with Gasteiger partial charge in [-0.05, 0) is 50.3 Å². The highest BCUT2D eigenvalue weighted by Crippen LogP contribution is 2.39. The summed E-state index contributed by atoms with van der Waals surface area (Å²) in [5, 5.41) is 5.29. The number of rotatable bonds is 3. The Hall–Kier alpha value is -1.77. The Balaban J connectivity index is 0.00000169. The van der Waals surface area contributed by atoms with Crippen molar-refractivity contribution in [2.75, 3.05) is 0 Å². The molecule has 0 radical (unpaired) electrons. The molecule has 126 valence electrons. The van der Waals surface area contributed by atoms with Gasteiger partial charge in [0.05, 0.1) is 5.54 Å². The van der Waals surface area contributed by atoms with Crippen LogP contribution in [0.15, 0.2) is 54.6 Å². The van der Waals surface area contributed by atoms with Gasteiger partial charge in [-0.25, -0.2) is 0 Å². The van der Waals surface area contributed by atoms with Gasteiger partial charge in [-0.1, -0.05) is 48.5 Å². The molecule has 0 unspecified atom stereocenters. The molecule has 0 amide bonds. The van der Waals surface area contributed by atoms with Gasteiger partial charge in [-0.3, -0.25) is 5.32 Å². The summed E-state index contributed by atoms with van der Waals surface area (Å²) in [6.07, 6.45) is 3.58. The first-order valence-corrected chi connectivity index (χ1v) is 8.60. The van der Waals surface area contributed by atoms with Crippen LogP contribution in [0.1, 0.15) is 49.6 Å². The molecule has 3 heteroatoms. The minimum absolute atomic E-state index is 0. The zero-order valence-corrected chi connectivity index (χ0v) is 15.1. The zero-order valence-electron chi connectivity index (χ0n) is 14.3. The Morgan fingerprint density at radius 1 is 1.04 bits per heavy atom. The second-order valence-electron chi connectivity index (χ2n) is 6.99. The van der Waals surface area contributed by atoms with E-state index < -0.39 is 0 Å². The van der Waals surface area contributed by atoms with Crippen molar-refractivity contribution in [3.05, 3.63) is 71.4 Å². The molecule has 0 bridgehead atoms. The Morgan fingerprint density at radius 2 is 1.75 bits per heavy atom. The maximum absolute atomic E-state index is 3.90. The van der Waals surface area contributed by atoms with Crippen molar-refractivity contribution in [2.45, 2.75) is 44.7 Å². The lowest BCUT2D eigenvalue weighted by atomic mass is 9.80. The van der Waals surface area contributed by atoms with Gasteiger partial charge < -0.3 is 4.98 Å². The number of aromatic nitrogens is 1. The summed E-state index contributed by atoms with van der Waals surface area (Å²) in [6, 6.07) is 19.7. The van der Waals surface area contributed by atoms with E-state index >= 15 is 0 Å². The molecule has 1 aliphatic rings. The van der Waals surface area contributed by atoms with Crippen LogP contribution in [-0.2, 0) is 12.0 Å². The van der Waals surface area contributed by atoms with Crippen molar-refractivity contribution in [2.24, 2.45) is 0 Å². The number of hydrogen-bond donors (Lipinski definition) is 2. The van der Waals surface area contributed by atoms with E-state index in [9.17, 15) is 0 Å². The second kappa shape index (κ2) is 6.62. The monoisotopic (exact) mass is 340 g/mol. The first-order chi connectivity index (χ1) is 11.2. The molecule has 0 saturated carbocycles. The fraction of sp³-hybridized carbons (Fsp3) is 0.333. The molecule has 2 N–H and O–H groups in total. The third-order valence-corrected chi connectivity index (χ3v) is 5.30. The minimum Gasteiger partial charge on any atom is -0.357 e. The predicted molar refractivity (Wildman–Crippen MR) is 104 cm³/mol. The molecule has 2 atom stereocenters. The van der Waals surface area contributed by atoms with Gasteiger partial charge in [0.25, 0.3) is 0 Å². The van der Waals surface area contributed by atoms with E-state index in [0.717, 1.165) is 0 Å². The number of halogens is 1. The number of nitrogens with one attached hydrogen (secondary N) is 2. The summed E-state index contributed by atoms with van der Waals surface area (Å²) in [6.45, 7) is 4.61. The molecule has 0 spiro atoms. The maximum atomic E-state index is 3.90. The van der Waals surface area contributed by atoms with E-state index in [-0.39, 0.29) is 17.9 Å². The van der Waals surface area contributed by atoms with E-state index in [1.807, 2.05) is 0 Å². The van der Waals surface area contributed by atoms with E-state index in [2.05, 4.69) is 78.7 Å². The highest BCUT2D eigenvalue weighted by Gasteiger charge is 2.35. The molecule has 0 fully saturated rings. The van der Waals surface area contributed by atoms with Crippen molar-refractivity contribution in [3.63, 3.8) is 0 Å². The smallest absolute Gasteiger partial charge is 0.0565 e. The standard InChI is InChI=1S/C21H24N2.ClH/c1-15(16-9-4-3-5-10-16)23-21(2)14-8-12-18-17-11-6-7-13-19(17)22-20(18)21;/h3-7,9-11,13,15,22-23H,8,12,14H2,1-2H3;1H/t15-,21-;/m1./s1. The lowest BCUT2D eigenvalue weighted by Crippen LogP contribution is -2.43. The van der Waals surface area contributed by atoms with Crippen molar-refractivity contribution >= 4 is 23.3 Å². The van der Waals surface area contributed by atoms with Gasteiger partial charge >= 0.3 is 0 Å². The van der Waals surface area contributed by atoms with E-state index in [4.69, 9.17) is 0 Å². The maximum Gasteiger partial charge on any atom is 0.0565 e. The second-order valence-corrected chi connectivity index (χ2v) is 6.99. The molecular formula is C21H25ClN2. The Kier molecular flexibility index (Phi) is 4.71. The molecule has 1 aromatic heterocycles. The average Bonchev–Trinajstić information content (AvgIpc) is 2.96. The van der Waals surface area contributed by atoms with Gasteiger partial charge in [-0.2, -0.15) is 0 Å². The number of benzene rings is 2. The van der Waals surface area contributed by atoms with Crippen LogP contribution >= 0.6 is 12.4 Å². The summed E-state index contributed by atoms with van der Waals surface area (Å²) in [7, 11) is 0. The van der Waals surface area contributed by atoms with Crippen LogP contribution in [0, 0.1) is 0 Å². The molecule has 3 aromatic rings. The van der Waals surface area contributed by atoms with E-state index in [1.54, 1.807) is 0 Å². The van der Waals surface area contributed by atoms with Gasteiger partial charge in [0.1, 0.15) is 0 Å². The van der Waals surface area contributed by atoms with Crippen LogP contribution < -0.4 is 5.32 Å². The molecule has 0 aliphatic heterocycles. The normalized spacial score (nSPS) is 21.1. The van der Waals surface area contributed by atoms with Crippen LogP contribution in [0.2, 0.25) is 0 Å². The molecule has 1 heterocycles. The highest BCUT2D eigenvalue weighted by atomic mass is 35.5. The number of hydrogen-bond acceptors (Lipinski definition) is 1. The van der Waals surface area contributed by atoms with Gasteiger partial charge in [-0.15, -0.1) is 12.4 Å². The zero-order chi connectivity index (χ0) is 15.9. The summed E-state index contributed by atoms with van der Waals surface area (Å²) in [4.78, 5) is 3.70. The van der Waals surface area contributed by atoms with Crippen molar-refractivity contribution in [1.29, 1.82) is 0 Å². The van der Waals surface area contributed by atoms with Crippen molar-refractivity contribution in [1.82, 2.24) is 10.3 Å². The van der Waals surface area contributed by atoms with Crippen LogP contribution in [0.3, 0.4) is 0 Å². The SMILES string of the molecule is C[C@@H](N[C@]1(C)CCCc2c1[nH]c1ccccc21)c1ccccc1.Cl. The van der Waals surface area contributed by atoms with Crippen LogP contribution in [-0.4, -0.2) is 4.98 Å². The van der Waals surface area contributed by atoms with E-state index in [1.165, 1.54) is 47.0 Å². The molecule has 2 nitrogen and oxygen atoms in total. The fourth-order valence-electron chi connectivity index (χ4n) is 4.12. The highest BCUT2D eigenvalue weighted by molar-refractivity contribution is 5.85. The lowest BCUT2D eigenvalue weighted by molar-refractivity contribution is 0.277. The summed E-state index contributed by atoms with van der Waals surface area (Å²) < 4.78 is 0. The largest absolute Gasteiger partial charge is 0.357 e. The predicted octanol–water partition coefficient (Wildman–Crippen LogP) is 5.49. The number of H-pyrrole nitrogens is 1. The average molecular weight is 341 g/mol. The first-order valence-electron chi connectivity index (χ1n) is 8.60. The van der Waals surface area contributed by atoms with Crippen LogP contribution in [0.5, 0.6) is 0 Å². The number of fused-ring (bicyclic) bond motifs is 3. The van der Waals surface area contributed by atoms with Crippen LogP contribution in [0.25, 0.3) is 10.9 Å². The van der Waals surface area contributed by atoms with Gasteiger partial charge in [0.2, 0.25) is 0 Å². The number of aryl methyl sites for hydroxylation is 1. The van der Waals surface area contributed by atoms with Crippen molar-refractivity contribution in [3.8, 4) is 0 Å². The molecule has 2 aromatic carbocycles. The molecular weight excluding hydrogens is 316 g/mol. The van der Waals surface area contributed by atoms with Gasteiger partial charge in [0, 0.05) is 22.6 Å². The van der Waals surface area contributed by atoms with E-state index in [0.29, 0.717) is 6.04 Å². The minimum atomic E-state index is 0. The third kappa shape index (κ3) is 2.85. The third-order valence-electron chi connectivity index (χ3n) is 5.30. The number of para-hydroxylation sites is 1. The first kappa shape index (κ1) is 17.1.